The molecule has 2 rings (SSSR count). The summed E-state index contributed by atoms with van der Waals surface area (Å²) in [5.74, 6) is 0.630. The van der Waals surface area contributed by atoms with Crippen LogP contribution >= 0.6 is 0 Å². The van der Waals surface area contributed by atoms with Gasteiger partial charge in [0.05, 0.1) is 31.5 Å². The topological polar surface area (TPSA) is 45.5 Å². The van der Waals surface area contributed by atoms with Gasteiger partial charge in [-0.25, -0.2) is 0 Å². The highest BCUT2D eigenvalue weighted by molar-refractivity contribution is 5.31. The lowest BCUT2D eigenvalue weighted by Crippen LogP contribution is -2.21. The number of nitriles is 1. The number of hydrogen-bond acceptors (Lipinski definition) is 4. The Kier molecular flexibility index (Phi) is 6.00. The highest BCUT2D eigenvalue weighted by Gasteiger charge is 2.22. The standard InChI is InChI=1S/C16H22N2O2/c1-19-8-9-20-13-16-6-7-18(12-16)11-15-4-2-14(10-17)3-5-15/h2-5,16H,6-9,11-13H2,1H3/t16-/m0/s1. The van der Waals surface area contributed by atoms with Crippen LogP contribution in [0.4, 0.5) is 0 Å². The van der Waals surface area contributed by atoms with Gasteiger partial charge >= 0.3 is 0 Å². The van der Waals surface area contributed by atoms with Crippen LogP contribution in [-0.2, 0) is 16.0 Å². The van der Waals surface area contributed by atoms with Gasteiger partial charge in [0.2, 0.25) is 0 Å². The molecule has 1 aromatic rings. The first-order chi connectivity index (χ1) is 9.81. The molecule has 0 aromatic heterocycles. The molecule has 108 valence electrons. The monoisotopic (exact) mass is 274 g/mol. The van der Waals surface area contributed by atoms with E-state index in [-0.39, 0.29) is 0 Å². The second-order valence-corrected chi connectivity index (χ2v) is 5.27. The molecular weight excluding hydrogens is 252 g/mol. The summed E-state index contributed by atoms with van der Waals surface area (Å²) < 4.78 is 10.6. The van der Waals surface area contributed by atoms with E-state index >= 15 is 0 Å². The SMILES string of the molecule is COCCOC[C@H]1CCN(Cc2ccc(C#N)cc2)C1. The van der Waals surface area contributed by atoms with Crippen LogP contribution in [0.15, 0.2) is 24.3 Å². The minimum absolute atomic E-state index is 0.630. The van der Waals surface area contributed by atoms with Gasteiger partial charge in [0.15, 0.2) is 0 Å². The van der Waals surface area contributed by atoms with Crippen LogP contribution in [-0.4, -0.2) is 44.9 Å². The summed E-state index contributed by atoms with van der Waals surface area (Å²) in [5.41, 5.74) is 1.99. The van der Waals surface area contributed by atoms with E-state index in [4.69, 9.17) is 14.7 Å². The number of rotatable bonds is 7. The lowest BCUT2D eigenvalue weighted by molar-refractivity contribution is 0.0525. The maximum Gasteiger partial charge on any atom is 0.0991 e. The third kappa shape index (κ3) is 4.61. The van der Waals surface area contributed by atoms with E-state index < -0.39 is 0 Å². The summed E-state index contributed by atoms with van der Waals surface area (Å²) >= 11 is 0. The van der Waals surface area contributed by atoms with Crippen molar-refractivity contribution in [2.45, 2.75) is 13.0 Å². The summed E-state index contributed by atoms with van der Waals surface area (Å²) in [6.07, 6.45) is 1.20. The van der Waals surface area contributed by atoms with E-state index in [1.165, 1.54) is 12.0 Å². The number of benzene rings is 1. The molecule has 1 aliphatic heterocycles. The van der Waals surface area contributed by atoms with Crippen molar-refractivity contribution in [2.75, 3.05) is 40.0 Å². The Labute approximate surface area is 120 Å². The Hall–Kier alpha value is -1.41. The highest BCUT2D eigenvalue weighted by atomic mass is 16.5. The van der Waals surface area contributed by atoms with Crippen molar-refractivity contribution < 1.29 is 9.47 Å². The number of ether oxygens (including phenoxy) is 2. The van der Waals surface area contributed by atoms with Crippen molar-refractivity contribution >= 4 is 0 Å². The van der Waals surface area contributed by atoms with Crippen molar-refractivity contribution in [1.82, 2.24) is 4.90 Å². The van der Waals surface area contributed by atoms with E-state index in [2.05, 4.69) is 11.0 Å². The molecule has 1 aromatic carbocycles. The van der Waals surface area contributed by atoms with Crippen molar-refractivity contribution in [1.29, 1.82) is 5.26 Å². The molecule has 1 saturated heterocycles. The number of likely N-dealkylation sites (tertiary alicyclic amines) is 1. The van der Waals surface area contributed by atoms with Gasteiger partial charge in [0, 0.05) is 20.2 Å². The van der Waals surface area contributed by atoms with Gasteiger partial charge in [0.1, 0.15) is 0 Å². The Morgan fingerprint density at radius 2 is 2.10 bits per heavy atom. The van der Waals surface area contributed by atoms with E-state index in [1.54, 1.807) is 7.11 Å². The molecule has 4 heteroatoms. The zero-order chi connectivity index (χ0) is 14.2. The van der Waals surface area contributed by atoms with Crippen LogP contribution in [0.1, 0.15) is 17.5 Å². The largest absolute Gasteiger partial charge is 0.382 e. The summed E-state index contributed by atoms with van der Waals surface area (Å²) in [4.78, 5) is 2.45. The average molecular weight is 274 g/mol. The predicted molar refractivity (Wildman–Crippen MR) is 77.2 cm³/mol. The Morgan fingerprint density at radius 1 is 1.30 bits per heavy atom. The number of methoxy groups -OCH3 is 1. The van der Waals surface area contributed by atoms with Crippen molar-refractivity contribution in [3.05, 3.63) is 35.4 Å². The molecule has 0 unspecified atom stereocenters. The summed E-state index contributed by atoms with van der Waals surface area (Å²) in [6, 6.07) is 10.0. The molecule has 0 amide bonds. The van der Waals surface area contributed by atoms with Gasteiger partial charge in [-0.15, -0.1) is 0 Å². The first-order valence-electron chi connectivity index (χ1n) is 7.10. The third-order valence-corrected chi connectivity index (χ3v) is 3.64. The zero-order valence-electron chi connectivity index (χ0n) is 12.0. The average Bonchev–Trinajstić information content (AvgIpc) is 2.92. The van der Waals surface area contributed by atoms with E-state index in [1.807, 2.05) is 24.3 Å². The van der Waals surface area contributed by atoms with E-state index in [9.17, 15) is 0 Å². The summed E-state index contributed by atoms with van der Waals surface area (Å²) in [7, 11) is 1.69. The maximum absolute atomic E-state index is 8.78. The van der Waals surface area contributed by atoms with Crippen LogP contribution in [0, 0.1) is 17.2 Å². The molecule has 0 radical (unpaired) electrons. The lowest BCUT2D eigenvalue weighted by Gasteiger charge is -2.16. The van der Waals surface area contributed by atoms with E-state index in [0.29, 0.717) is 19.1 Å². The Bertz CT molecular complexity index is 439. The fourth-order valence-electron chi connectivity index (χ4n) is 2.53. The Morgan fingerprint density at radius 3 is 2.80 bits per heavy atom. The van der Waals surface area contributed by atoms with Gasteiger partial charge in [0.25, 0.3) is 0 Å². The fraction of sp³-hybridized carbons (Fsp3) is 0.562. The predicted octanol–water partition coefficient (Wildman–Crippen LogP) is 2.04. The molecule has 0 bridgehead atoms. The number of nitrogens with zero attached hydrogens (tertiary/aromatic N) is 2. The molecular formula is C16H22N2O2. The van der Waals surface area contributed by atoms with Gasteiger partial charge in [-0.2, -0.15) is 5.26 Å². The zero-order valence-corrected chi connectivity index (χ0v) is 12.0. The van der Waals surface area contributed by atoms with Crippen LogP contribution < -0.4 is 0 Å². The molecule has 1 atom stereocenters. The van der Waals surface area contributed by atoms with Crippen LogP contribution in [0.25, 0.3) is 0 Å². The van der Waals surface area contributed by atoms with Crippen LogP contribution in [0.5, 0.6) is 0 Å². The molecule has 1 aliphatic rings. The first kappa shape index (κ1) is 15.0. The maximum atomic E-state index is 8.78. The first-order valence-corrected chi connectivity index (χ1v) is 7.10. The van der Waals surface area contributed by atoms with Crippen LogP contribution in [0.3, 0.4) is 0 Å². The molecule has 1 fully saturated rings. The molecule has 1 heterocycles. The third-order valence-electron chi connectivity index (χ3n) is 3.64. The summed E-state index contributed by atoms with van der Waals surface area (Å²) in [6.45, 7) is 5.35. The second kappa shape index (κ2) is 8.01. The minimum atomic E-state index is 0.630. The lowest BCUT2D eigenvalue weighted by atomic mass is 10.1. The van der Waals surface area contributed by atoms with Crippen LogP contribution in [0.2, 0.25) is 0 Å². The smallest absolute Gasteiger partial charge is 0.0991 e. The molecule has 20 heavy (non-hydrogen) atoms. The van der Waals surface area contributed by atoms with Gasteiger partial charge in [-0.3, -0.25) is 4.90 Å². The van der Waals surface area contributed by atoms with Gasteiger partial charge in [-0.05, 0) is 36.6 Å². The molecule has 4 nitrogen and oxygen atoms in total. The van der Waals surface area contributed by atoms with Crippen molar-refractivity contribution in [3.8, 4) is 6.07 Å². The minimum Gasteiger partial charge on any atom is -0.382 e. The molecule has 0 aliphatic carbocycles. The molecule has 0 spiro atoms. The Balaban J connectivity index is 1.71. The van der Waals surface area contributed by atoms with Gasteiger partial charge in [-0.1, -0.05) is 12.1 Å². The second-order valence-electron chi connectivity index (χ2n) is 5.27. The highest BCUT2D eigenvalue weighted by Crippen LogP contribution is 2.19. The van der Waals surface area contributed by atoms with Gasteiger partial charge < -0.3 is 9.47 Å². The van der Waals surface area contributed by atoms with Crippen molar-refractivity contribution in [2.24, 2.45) is 5.92 Å². The molecule has 0 N–H and O–H groups in total. The number of hydrogen-bond donors (Lipinski definition) is 0. The van der Waals surface area contributed by atoms with E-state index in [0.717, 1.165) is 31.8 Å². The normalized spacial score (nSPS) is 19.1. The molecule has 0 saturated carbocycles. The van der Waals surface area contributed by atoms with Crippen molar-refractivity contribution in [3.63, 3.8) is 0 Å². The summed E-state index contributed by atoms with van der Waals surface area (Å²) in [5, 5.41) is 8.78. The fourth-order valence-corrected chi connectivity index (χ4v) is 2.53. The quantitative estimate of drug-likeness (QED) is 0.714.